The zero-order valence-corrected chi connectivity index (χ0v) is 8.34. The molecule has 0 saturated heterocycles. The monoisotopic (exact) mass is 250 g/mol. The van der Waals surface area contributed by atoms with Crippen LogP contribution in [0.1, 0.15) is 11.6 Å². The summed E-state index contributed by atoms with van der Waals surface area (Å²) in [4.78, 5) is 3.86. The van der Waals surface area contributed by atoms with E-state index >= 15 is 0 Å². The highest BCUT2D eigenvalue weighted by Crippen LogP contribution is 2.21. The molecule has 1 aromatic rings. The Morgan fingerprint density at radius 3 is 2.54 bits per heavy atom. The van der Waals surface area contributed by atoms with Crippen molar-refractivity contribution in [1.29, 1.82) is 0 Å². The second-order valence-electron chi connectivity index (χ2n) is 2.58. The number of alkyl halides is 2. The lowest BCUT2D eigenvalue weighted by molar-refractivity contribution is 0.115. The minimum atomic E-state index is -2.46. The van der Waals surface area contributed by atoms with Crippen LogP contribution in [0.2, 0.25) is 0 Å². The largest absolute Gasteiger partial charge is 0.330 e. The first kappa shape index (κ1) is 10.5. The molecule has 1 heterocycles. The Hall–Kier alpha value is -0.550. The van der Waals surface area contributed by atoms with E-state index < -0.39 is 12.3 Å². The van der Waals surface area contributed by atoms with Crippen molar-refractivity contribution in [1.82, 2.24) is 4.98 Å². The highest BCUT2D eigenvalue weighted by atomic mass is 79.9. The molecule has 0 aliphatic carbocycles. The molecule has 2 N–H and O–H groups in total. The summed E-state index contributed by atoms with van der Waals surface area (Å²) < 4.78 is 25.5. The third-order valence-electron chi connectivity index (χ3n) is 1.69. The van der Waals surface area contributed by atoms with Crippen molar-refractivity contribution in [2.45, 2.75) is 12.3 Å². The Morgan fingerprint density at radius 2 is 2.15 bits per heavy atom. The predicted molar refractivity (Wildman–Crippen MR) is 49.7 cm³/mol. The molecule has 2 nitrogen and oxygen atoms in total. The molecule has 72 valence electrons. The average Bonchev–Trinajstić information content (AvgIpc) is 2.09. The molecule has 0 aliphatic heterocycles. The third kappa shape index (κ3) is 2.70. The summed E-state index contributed by atoms with van der Waals surface area (Å²) in [6, 6.07) is 3.22. The zero-order valence-electron chi connectivity index (χ0n) is 6.75. The van der Waals surface area contributed by atoms with Crippen LogP contribution in [-0.2, 0) is 0 Å². The van der Waals surface area contributed by atoms with Gasteiger partial charge < -0.3 is 5.73 Å². The smallest absolute Gasteiger partial charge is 0.248 e. The molecule has 0 aromatic carbocycles. The average molecular weight is 251 g/mol. The molecular weight excluding hydrogens is 242 g/mol. The second kappa shape index (κ2) is 4.62. The van der Waals surface area contributed by atoms with Crippen molar-refractivity contribution in [2.75, 3.05) is 6.54 Å². The summed E-state index contributed by atoms with van der Waals surface area (Å²) in [5, 5.41) is 0. The number of halogens is 3. The number of aromatic nitrogens is 1. The van der Waals surface area contributed by atoms with Crippen LogP contribution in [0, 0.1) is 0 Å². The van der Waals surface area contributed by atoms with E-state index in [1.54, 1.807) is 12.1 Å². The fourth-order valence-electron chi connectivity index (χ4n) is 0.959. The molecule has 0 saturated carbocycles. The first-order valence-corrected chi connectivity index (χ1v) is 4.54. The van der Waals surface area contributed by atoms with Crippen molar-refractivity contribution in [2.24, 2.45) is 5.73 Å². The standard InChI is InChI=1S/C8H9BrF2N2/c9-5-1-2-7(13-4-5)6(3-12)8(10)11/h1-2,4,6,8H,3,12H2. The SMILES string of the molecule is NCC(c1ccc(Br)cn1)C(F)F. The third-order valence-corrected chi connectivity index (χ3v) is 2.16. The molecule has 0 spiro atoms. The van der Waals surface area contributed by atoms with Crippen LogP contribution in [0.15, 0.2) is 22.8 Å². The summed E-state index contributed by atoms with van der Waals surface area (Å²) in [6.45, 7) is -0.0910. The molecule has 1 atom stereocenters. The number of hydrogen-bond donors (Lipinski definition) is 1. The fraction of sp³-hybridized carbons (Fsp3) is 0.375. The quantitative estimate of drug-likeness (QED) is 0.893. The van der Waals surface area contributed by atoms with Crippen molar-refractivity contribution < 1.29 is 8.78 Å². The van der Waals surface area contributed by atoms with E-state index in [2.05, 4.69) is 20.9 Å². The molecule has 1 rings (SSSR count). The van der Waals surface area contributed by atoms with Gasteiger partial charge in [0.05, 0.1) is 11.6 Å². The van der Waals surface area contributed by atoms with Gasteiger partial charge in [0, 0.05) is 17.2 Å². The minimum Gasteiger partial charge on any atom is -0.330 e. The van der Waals surface area contributed by atoms with Crippen molar-refractivity contribution in [3.8, 4) is 0 Å². The van der Waals surface area contributed by atoms with Crippen LogP contribution in [0.4, 0.5) is 8.78 Å². The van der Waals surface area contributed by atoms with Crippen molar-refractivity contribution in [3.05, 3.63) is 28.5 Å². The van der Waals surface area contributed by atoms with E-state index in [-0.39, 0.29) is 6.54 Å². The van der Waals surface area contributed by atoms with Gasteiger partial charge in [0.2, 0.25) is 6.43 Å². The van der Waals surface area contributed by atoms with Gasteiger partial charge in [-0.3, -0.25) is 4.98 Å². The summed E-state index contributed by atoms with van der Waals surface area (Å²) in [7, 11) is 0. The summed E-state index contributed by atoms with van der Waals surface area (Å²) in [6.07, 6.45) is -0.973. The van der Waals surface area contributed by atoms with Crippen molar-refractivity contribution in [3.63, 3.8) is 0 Å². The molecule has 0 fully saturated rings. The summed E-state index contributed by atoms with van der Waals surface area (Å²) in [5.41, 5.74) is 5.55. The van der Waals surface area contributed by atoms with Gasteiger partial charge in [-0.1, -0.05) is 0 Å². The van der Waals surface area contributed by atoms with Crippen molar-refractivity contribution >= 4 is 15.9 Å². The van der Waals surface area contributed by atoms with Crippen LogP contribution >= 0.6 is 15.9 Å². The molecule has 0 aliphatic rings. The molecule has 0 bridgehead atoms. The number of rotatable bonds is 3. The highest BCUT2D eigenvalue weighted by molar-refractivity contribution is 9.10. The predicted octanol–water partition coefficient (Wildman–Crippen LogP) is 2.15. The highest BCUT2D eigenvalue weighted by Gasteiger charge is 2.21. The lowest BCUT2D eigenvalue weighted by atomic mass is 10.1. The Kier molecular flexibility index (Phi) is 3.74. The van der Waals surface area contributed by atoms with Gasteiger partial charge in [0.25, 0.3) is 0 Å². The number of pyridine rings is 1. The van der Waals surface area contributed by atoms with E-state index in [0.717, 1.165) is 4.47 Å². The number of nitrogens with two attached hydrogens (primary N) is 1. The first-order valence-electron chi connectivity index (χ1n) is 3.75. The van der Waals surface area contributed by atoms with Gasteiger partial charge in [-0.15, -0.1) is 0 Å². The van der Waals surface area contributed by atoms with Gasteiger partial charge in [0.15, 0.2) is 0 Å². The lowest BCUT2D eigenvalue weighted by Gasteiger charge is -2.12. The maximum Gasteiger partial charge on any atom is 0.248 e. The molecule has 0 amide bonds. The fourth-order valence-corrected chi connectivity index (χ4v) is 1.19. The Bertz CT molecular complexity index is 263. The number of hydrogen-bond acceptors (Lipinski definition) is 2. The van der Waals surface area contributed by atoms with Gasteiger partial charge in [-0.2, -0.15) is 0 Å². The maximum absolute atomic E-state index is 12.4. The summed E-state index contributed by atoms with van der Waals surface area (Å²) >= 11 is 3.17. The van der Waals surface area contributed by atoms with E-state index in [1.807, 2.05) is 0 Å². The van der Waals surface area contributed by atoms with Gasteiger partial charge >= 0.3 is 0 Å². The van der Waals surface area contributed by atoms with Gasteiger partial charge in [-0.05, 0) is 28.1 Å². The minimum absolute atomic E-state index is 0.0910. The normalized spacial score (nSPS) is 13.3. The van der Waals surface area contributed by atoms with Crippen LogP contribution in [0.5, 0.6) is 0 Å². The Morgan fingerprint density at radius 1 is 1.46 bits per heavy atom. The maximum atomic E-state index is 12.4. The number of nitrogens with zero attached hydrogens (tertiary/aromatic N) is 1. The lowest BCUT2D eigenvalue weighted by Crippen LogP contribution is -2.20. The Balaban J connectivity index is 2.86. The van der Waals surface area contributed by atoms with Crippen LogP contribution < -0.4 is 5.73 Å². The molecule has 1 aromatic heterocycles. The summed E-state index contributed by atoms with van der Waals surface area (Å²) in [5.74, 6) is -0.965. The molecule has 1 unspecified atom stereocenters. The molecular formula is C8H9BrF2N2. The molecule has 5 heteroatoms. The van der Waals surface area contributed by atoms with E-state index in [1.165, 1.54) is 6.20 Å². The van der Waals surface area contributed by atoms with Crippen LogP contribution in [-0.4, -0.2) is 18.0 Å². The van der Waals surface area contributed by atoms with E-state index in [4.69, 9.17) is 5.73 Å². The zero-order chi connectivity index (χ0) is 9.84. The first-order chi connectivity index (χ1) is 6.15. The van der Waals surface area contributed by atoms with E-state index in [0.29, 0.717) is 5.69 Å². The second-order valence-corrected chi connectivity index (χ2v) is 3.49. The molecule has 0 radical (unpaired) electrons. The van der Waals surface area contributed by atoms with E-state index in [9.17, 15) is 8.78 Å². The van der Waals surface area contributed by atoms with Gasteiger partial charge in [-0.25, -0.2) is 8.78 Å². The molecule has 13 heavy (non-hydrogen) atoms. The Labute approximate surface area is 83.3 Å². The van der Waals surface area contributed by atoms with Crippen LogP contribution in [0.25, 0.3) is 0 Å². The van der Waals surface area contributed by atoms with Gasteiger partial charge in [0.1, 0.15) is 0 Å². The van der Waals surface area contributed by atoms with Crippen LogP contribution in [0.3, 0.4) is 0 Å². The topological polar surface area (TPSA) is 38.9 Å².